The molecule has 0 saturated carbocycles. The highest BCUT2D eigenvalue weighted by Crippen LogP contribution is 2.24. The number of likely N-dealkylation sites (tertiary alicyclic amines) is 1. The fraction of sp³-hybridized carbons (Fsp3) is 0.316. The zero-order chi connectivity index (χ0) is 18.7. The highest BCUT2D eigenvalue weighted by atomic mass is 35.5. The van der Waals surface area contributed by atoms with Crippen molar-refractivity contribution in [3.63, 3.8) is 0 Å². The van der Waals surface area contributed by atoms with Crippen molar-refractivity contribution in [3.05, 3.63) is 69.2 Å². The first kappa shape index (κ1) is 19.1. The summed E-state index contributed by atoms with van der Waals surface area (Å²) >= 11 is 11.9. The minimum Gasteiger partial charge on any atom is -0.372 e. The molecule has 1 saturated heterocycles. The number of hydrogen-bond acceptors (Lipinski definition) is 2. The van der Waals surface area contributed by atoms with Gasteiger partial charge in [-0.05, 0) is 37.1 Å². The first-order valence-corrected chi connectivity index (χ1v) is 9.00. The standard InChI is InChI=1S/C19H17Cl2F2NO2/c20-15-7-6-12(9-16(15)21)19(25)24-8-2-4-14(10-24)26-11-13-3-1-5-17(22)18(13)23/h1,3,5-7,9,14H,2,4,8,10-11H2/t14-/m1/s1. The quantitative estimate of drug-likeness (QED) is 0.716. The summed E-state index contributed by atoms with van der Waals surface area (Å²) in [6, 6.07) is 8.75. The van der Waals surface area contributed by atoms with Crippen molar-refractivity contribution in [2.75, 3.05) is 13.1 Å². The van der Waals surface area contributed by atoms with Gasteiger partial charge in [-0.15, -0.1) is 0 Å². The molecule has 7 heteroatoms. The first-order chi connectivity index (χ1) is 12.5. The predicted molar refractivity (Wildman–Crippen MR) is 96.5 cm³/mol. The Morgan fingerprint density at radius 2 is 2.00 bits per heavy atom. The minimum absolute atomic E-state index is 0.0386. The summed E-state index contributed by atoms with van der Waals surface area (Å²) < 4.78 is 32.7. The van der Waals surface area contributed by atoms with E-state index in [-0.39, 0.29) is 24.2 Å². The van der Waals surface area contributed by atoms with Gasteiger partial charge in [-0.2, -0.15) is 0 Å². The van der Waals surface area contributed by atoms with Crippen molar-refractivity contribution in [2.24, 2.45) is 0 Å². The predicted octanol–water partition coefficient (Wildman–Crippen LogP) is 5.09. The van der Waals surface area contributed by atoms with E-state index in [0.29, 0.717) is 28.7 Å². The Morgan fingerprint density at radius 1 is 1.19 bits per heavy atom. The van der Waals surface area contributed by atoms with E-state index in [1.54, 1.807) is 23.1 Å². The van der Waals surface area contributed by atoms with Gasteiger partial charge in [0.2, 0.25) is 0 Å². The van der Waals surface area contributed by atoms with Gasteiger partial charge >= 0.3 is 0 Å². The van der Waals surface area contributed by atoms with E-state index in [2.05, 4.69) is 0 Å². The number of piperidine rings is 1. The normalized spacial score (nSPS) is 17.4. The van der Waals surface area contributed by atoms with Crippen LogP contribution in [0.5, 0.6) is 0 Å². The van der Waals surface area contributed by atoms with Crippen LogP contribution in [0.2, 0.25) is 10.0 Å². The van der Waals surface area contributed by atoms with Gasteiger partial charge in [0, 0.05) is 24.2 Å². The molecule has 1 aliphatic rings. The molecule has 26 heavy (non-hydrogen) atoms. The summed E-state index contributed by atoms with van der Waals surface area (Å²) in [7, 11) is 0. The third-order valence-corrected chi connectivity index (χ3v) is 5.08. The molecule has 0 spiro atoms. The summed E-state index contributed by atoms with van der Waals surface area (Å²) in [6.45, 7) is 0.951. The molecule has 138 valence electrons. The Bertz CT molecular complexity index is 816. The second-order valence-electron chi connectivity index (χ2n) is 6.17. The molecule has 1 atom stereocenters. The van der Waals surface area contributed by atoms with Crippen molar-refractivity contribution >= 4 is 29.1 Å². The van der Waals surface area contributed by atoms with Crippen LogP contribution in [-0.2, 0) is 11.3 Å². The second kappa shape index (κ2) is 8.33. The highest BCUT2D eigenvalue weighted by molar-refractivity contribution is 6.42. The molecule has 2 aromatic carbocycles. The zero-order valence-corrected chi connectivity index (χ0v) is 15.4. The lowest BCUT2D eigenvalue weighted by Gasteiger charge is -2.33. The number of ether oxygens (including phenoxy) is 1. The largest absolute Gasteiger partial charge is 0.372 e. The smallest absolute Gasteiger partial charge is 0.253 e. The van der Waals surface area contributed by atoms with Crippen molar-refractivity contribution in [1.29, 1.82) is 0 Å². The number of amides is 1. The van der Waals surface area contributed by atoms with Crippen LogP contribution in [-0.4, -0.2) is 30.0 Å². The summed E-state index contributed by atoms with van der Waals surface area (Å²) in [4.78, 5) is 14.3. The van der Waals surface area contributed by atoms with Crippen LogP contribution < -0.4 is 0 Å². The molecule has 0 radical (unpaired) electrons. The van der Waals surface area contributed by atoms with Gasteiger partial charge in [0.05, 0.1) is 22.8 Å². The molecule has 1 fully saturated rings. The molecular weight excluding hydrogens is 383 g/mol. The van der Waals surface area contributed by atoms with Gasteiger partial charge in [-0.25, -0.2) is 8.78 Å². The maximum Gasteiger partial charge on any atom is 0.253 e. The second-order valence-corrected chi connectivity index (χ2v) is 6.98. The third-order valence-electron chi connectivity index (χ3n) is 4.34. The average molecular weight is 400 g/mol. The van der Waals surface area contributed by atoms with Crippen molar-refractivity contribution < 1.29 is 18.3 Å². The number of hydrogen-bond donors (Lipinski definition) is 0. The number of rotatable bonds is 4. The third kappa shape index (κ3) is 4.34. The fourth-order valence-corrected chi connectivity index (χ4v) is 3.24. The van der Waals surface area contributed by atoms with E-state index in [1.165, 1.54) is 12.1 Å². The lowest BCUT2D eigenvalue weighted by Crippen LogP contribution is -2.43. The monoisotopic (exact) mass is 399 g/mol. The zero-order valence-electron chi connectivity index (χ0n) is 13.9. The molecule has 1 aliphatic heterocycles. The SMILES string of the molecule is O=C(c1ccc(Cl)c(Cl)c1)N1CCC[C@@H](OCc2cccc(F)c2F)C1. The molecule has 2 aromatic rings. The van der Waals surface area contributed by atoms with E-state index in [1.807, 2.05) is 0 Å². The lowest BCUT2D eigenvalue weighted by atomic mass is 10.1. The molecule has 0 N–H and O–H groups in total. The van der Waals surface area contributed by atoms with Crippen LogP contribution in [0.4, 0.5) is 8.78 Å². The summed E-state index contributed by atoms with van der Waals surface area (Å²) in [5.41, 5.74) is 0.620. The van der Waals surface area contributed by atoms with Crippen LogP contribution in [0, 0.1) is 11.6 Å². The Balaban J connectivity index is 1.62. The Morgan fingerprint density at radius 3 is 2.77 bits per heavy atom. The van der Waals surface area contributed by atoms with Crippen LogP contribution in [0.15, 0.2) is 36.4 Å². The van der Waals surface area contributed by atoms with Crippen LogP contribution in [0.25, 0.3) is 0 Å². The summed E-state index contributed by atoms with van der Waals surface area (Å²) in [6.07, 6.45) is 1.28. The molecule has 1 heterocycles. The topological polar surface area (TPSA) is 29.5 Å². The van der Waals surface area contributed by atoms with E-state index in [9.17, 15) is 13.6 Å². The van der Waals surface area contributed by atoms with Gasteiger partial charge in [0.15, 0.2) is 11.6 Å². The fourth-order valence-electron chi connectivity index (χ4n) is 2.94. The van der Waals surface area contributed by atoms with Crippen LogP contribution >= 0.6 is 23.2 Å². The van der Waals surface area contributed by atoms with Crippen molar-refractivity contribution in [3.8, 4) is 0 Å². The van der Waals surface area contributed by atoms with Gasteiger partial charge < -0.3 is 9.64 Å². The van der Waals surface area contributed by atoms with E-state index < -0.39 is 11.6 Å². The van der Waals surface area contributed by atoms with Gasteiger partial charge in [-0.3, -0.25) is 4.79 Å². The maximum absolute atomic E-state index is 13.7. The number of halogens is 4. The van der Waals surface area contributed by atoms with Crippen molar-refractivity contribution in [2.45, 2.75) is 25.6 Å². The van der Waals surface area contributed by atoms with Gasteiger partial charge in [0.1, 0.15) is 0 Å². The van der Waals surface area contributed by atoms with E-state index >= 15 is 0 Å². The lowest BCUT2D eigenvalue weighted by molar-refractivity contribution is -0.00776. The average Bonchev–Trinajstić information content (AvgIpc) is 2.65. The number of nitrogens with zero attached hydrogens (tertiary/aromatic N) is 1. The number of carbonyl (C=O) groups is 1. The number of carbonyl (C=O) groups excluding carboxylic acids is 1. The molecule has 1 amide bonds. The molecular formula is C19H17Cl2F2NO2. The molecule has 0 aliphatic carbocycles. The first-order valence-electron chi connectivity index (χ1n) is 8.24. The Labute approximate surface area is 160 Å². The highest BCUT2D eigenvalue weighted by Gasteiger charge is 2.25. The van der Waals surface area contributed by atoms with Crippen molar-refractivity contribution in [1.82, 2.24) is 4.90 Å². The summed E-state index contributed by atoms with van der Waals surface area (Å²) in [5.74, 6) is -1.95. The minimum atomic E-state index is -0.897. The van der Waals surface area contributed by atoms with Gasteiger partial charge in [-0.1, -0.05) is 35.3 Å². The maximum atomic E-state index is 13.7. The van der Waals surface area contributed by atoms with Crippen LogP contribution in [0.3, 0.4) is 0 Å². The Kier molecular flexibility index (Phi) is 6.12. The molecule has 0 bridgehead atoms. The number of benzene rings is 2. The molecule has 0 unspecified atom stereocenters. The molecule has 0 aromatic heterocycles. The van der Waals surface area contributed by atoms with E-state index in [0.717, 1.165) is 18.9 Å². The molecule has 3 nitrogen and oxygen atoms in total. The van der Waals surface area contributed by atoms with E-state index in [4.69, 9.17) is 27.9 Å². The molecule has 3 rings (SSSR count). The summed E-state index contributed by atoms with van der Waals surface area (Å²) in [5, 5.41) is 0.712. The Hall–Kier alpha value is -1.69. The van der Waals surface area contributed by atoms with Crippen LogP contribution in [0.1, 0.15) is 28.8 Å². The van der Waals surface area contributed by atoms with Gasteiger partial charge in [0.25, 0.3) is 5.91 Å².